The molecule has 0 aliphatic carbocycles. The van der Waals surface area contributed by atoms with Crippen molar-refractivity contribution in [3.8, 4) is 0 Å². The highest BCUT2D eigenvalue weighted by Crippen LogP contribution is 2.35. The van der Waals surface area contributed by atoms with E-state index in [1.54, 1.807) is 12.1 Å². The monoisotopic (exact) mass is 363 g/mol. The molecule has 1 heterocycles. The lowest BCUT2D eigenvalue weighted by Crippen LogP contribution is -2.21. The van der Waals surface area contributed by atoms with Crippen molar-refractivity contribution in [2.24, 2.45) is 5.92 Å². The Kier molecular flexibility index (Phi) is 5.75. The lowest BCUT2D eigenvalue weighted by Gasteiger charge is -2.24. The second-order valence-corrected chi connectivity index (χ2v) is 6.84. The van der Waals surface area contributed by atoms with Crippen molar-refractivity contribution < 1.29 is 14.3 Å². The van der Waals surface area contributed by atoms with Crippen molar-refractivity contribution in [1.29, 1.82) is 0 Å². The molecule has 0 saturated heterocycles. The van der Waals surface area contributed by atoms with Crippen LogP contribution in [0.25, 0.3) is 5.70 Å². The van der Waals surface area contributed by atoms with Crippen LogP contribution >= 0.6 is 0 Å². The summed E-state index contributed by atoms with van der Waals surface area (Å²) in [5, 5.41) is 0. The maximum atomic E-state index is 12.6. The molecule has 4 nitrogen and oxygen atoms in total. The van der Waals surface area contributed by atoms with Gasteiger partial charge in [-0.25, -0.2) is 4.79 Å². The molecule has 140 valence electrons. The summed E-state index contributed by atoms with van der Waals surface area (Å²) in [5.41, 5.74) is 4.61. The number of esters is 1. The molecule has 4 heteroatoms. The number of nitrogens with zero attached hydrogens (tertiary/aromatic N) is 1. The number of anilines is 1. The number of hydrogen-bond donors (Lipinski definition) is 0. The quantitative estimate of drug-likeness (QED) is 0.560. The van der Waals surface area contributed by atoms with E-state index in [2.05, 4.69) is 4.90 Å². The Labute approximate surface area is 160 Å². The average Bonchev–Trinajstić information content (AvgIpc) is 3.14. The summed E-state index contributed by atoms with van der Waals surface area (Å²) in [6.45, 7) is 4.76. The molecule has 3 rings (SSSR count). The largest absolute Gasteiger partial charge is 0.465 e. The van der Waals surface area contributed by atoms with Crippen molar-refractivity contribution in [2.75, 3.05) is 18.6 Å². The first-order chi connectivity index (χ1) is 13.0. The predicted molar refractivity (Wildman–Crippen MR) is 108 cm³/mol. The molecule has 1 aliphatic heterocycles. The second-order valence-electron chi connectivity index (χ2n) is 6.84. The van der Waals surface area contributed by atoms with Gasteiger partial charge in [-0.05, 0) is 42.2 Å². The van der Waals surface area contributed by atoms with Gasteiger partial charge in [0.1, 0.15) is 0 Å². The molecule has 1 aliphatic rings. The Bertz CT molecular complexity index is 870. The van der Waals surface area contributed by atoms with Crippen LogP contribution in [0.2, 0.25) is 0 Å². The summed E-state index contributed by atoms with van der Waals surface area (Å²) in [4.78, 5) is 26.6. The van der Waals surface area contributed by atoms with E-state index in [1.807, 2.05) is 56.3 Å². The van der Waals surface area contributed by atoms with E-state index >= 15 is 0 Å². The van der Waals surface area contributed by atoms with E-state index < -0.39 is 0 Å². The van der Waals surface area contributed by atoms with E-state index in [1.165, 1.54) is 7.11 Å². The van der Waals surface area contributed by atoms with Crippen LogP contribution in [0.4, 0.5) is 5.69 Å². The molecule has 0 fully saturated rings. The van der Waals surface area contributed by atoms with Crippen molar-refractivity contribution >= 4 is 23.1 Å². The molecule has 1 atom stereocenters. The Hall–Kier alpha value is -2.88. The molecule has 1 unspecified atom stereocenters. The molecule has 27 heavy (non-hydrogen) atoms. The van der Waals surface area contributed by atoms with Gasteiger partial charge in [0.25, 0.3) is 0 Å². The predicted octanol–water partition coefficient (Wildman–Crippen LogP) is 4.49. The number of fused-ring (bicyclic) bond motifs is 1. The molecule has 0 aromatic heterocycles. The van der Waals surface area contributed by atoms with Crippen LogP contribution in [-0.2, 0) is 16.0 Å². The van der Waals surface area contributed by atoms with E-state index in [4.69, 9.17) is 4.74 Å². The number of allylic oxidation sites excluding steroid dienone is 1. The van der Waals surface area contributed by atoms with Gasteiger partial charge in [-0.15, -0.1) is 0 Å². The molecule has 0 bridgehead atoms. The number of rotatable bonds is 6. The number of methoxy groups -OCH3 is 1. The topological polar surface area (TPSA) is 46.6 Å². The molecular weight excluding hydrogens is 338 g/mol. The zero-order valence-corrected chi connectivity index (χ0v) is 16.1. The van der Waals surface area contributed by atoms with Crippen LogP contribution in [-0.4, -0.2) is 25.4 Å². The first-order valence-corrected chi connectivity index (χ1v) is 9.35. The summed E-state index contributed by atoms with van der Waals surface area (Å²) >= 11 is 0. The number of carbonyl (C=O) groups excluding carboxylic acids is 2. The van der Waals surface area contributed by atoms with Crippen LogP contribution in [0, 0.1) is 5.92 Å². The Morgan fingerprint density at radius 1 is 1.15 bits per heavy atom. The summed E-state index contributed by atoms with van der Waals surface area (Å²) in [7, 11) is 1.39. The fourth-order valence-electron chi connectivity index (χ4n) is 3.30. The maximum Gasteiger partial charge on any atom is 0.337 e. The van der Waals surface area contributed by atoms with Gasteiger partial charge in [0.2, 0.25) is 0 Å². The third kappa shape index (κ3) is 3.95. The minimum absolute atomic E-state index is 0.00696. The van der Waals surface area contributed by atoms with Gasteiger partial charge in [-0.2, -0.15) is 0 Å². The number of hydrogen-bond acceptors (Lipinski definition) is 4. The van der Waals surface area contributed by atoms with Crippen LogP contribution in [0.15, 0.2) is 54.6 Å². The van der Waals surface area contributed by atoms with Crippen LogP contribution in [0.3, 0.4) is 0 Å². The van der Waals surface area contributed by atoms with Gasteiger partial charge in [0.05, 0.1) is 18.4 Å². The van der Waals surface area contributed by atoms with Crippen molar-refractivity contribution in [1.82, 2.24) is 0 Å². The second kappa shape index (κ2) is 8.21. The first kappa shape index (κ1) is 18.9. The summed E-state index contributed by atoms with van der Waals surface area (Å²) in [6.07, 6.45) is 3.41. The van der Waals surface area contributed by atoms with Crippen LogP contribution in [0.5, 0.6) is 0 Å². The highest BCUT2D eigenvalue weighted by molar-refractivity contribution is 6.01. The minimum Gasteiger partial charge on any atom is -0.465 e. The molecule has 0 amide bonds. The zero-order chi connectivity index (χ0) is 19.4. The average molecular weight is 363 g/mol. The van der Waals surface area contributed by atoms with Crippen molar-refractivity contribution in [3.05, 3.63) is 71.3 Å². The van der Waals surface area contributed by atoms with Crippen LogP contribution < -0.4 is 4.90 Å². The Balaban J connectivity index is 2.02. The molecule has 0 saturated carbocycles. The SMILES string of the molecule is CCC(C)C(=O)/C=C(/c1ccccc1)N1CCc2cc(C(=O)OC)ccc21. The van der Waals surface area contributed by atoms with Gasteiger partial charge in [-0.3, -0.25) is 4.79 Å². The van der Waals surface area contributed by atoms with Gasteiger partial charge >= 0.3 is 5.97 Å². The summed E-state index contributed by atoms with van der Waals surface area (Å²) in [6, 6.07) is 15.6. The number of carbonyl (C=O) groups is 2. The normalized spacial score (nSPS) is 14.6. The molecule has 2 aromatic rings. The highest BCUT2D eigenvalue weighted by atomic mass is 16.5. The van der Waals surface area contributed by atoms with E-state index in [0.29, 0.717) is 5.56 Å². The van der Waals surface area contributed by atoms with E-state index in [9.17, 15) is 9.59 Å². The van der Waals surface area contributed by atoms with Gasteiger partial charge in [0, 0.05) is 24.2 Å². The zero-order valence-electron chi connectivity index (χ0n) is 16.1. The van der Waals surface area contributed by atoms with Gasteiger partial charge in [-0.1, -0.05) is 44.2 Å². The Morgan fingerprint density at radius 2 is 1.89 bits per heavy atom. The fourth-order valence-corrected chi connectivity index (χ4v) is 3.30. The third-order valence-electron chi connectivity index (χ3n) is 5.13. The van der Waals surface area contributed by atoms with Crippen molar-refractivity contribution in [3.63, 3.8) is 0 Å². The highest BCUT2D eigenvalue weighted by Gasteiger charge is 2.25. The molecule has 2 aromatic carbocycles. The molecular formula is C23H25NO3. The van der Waals surface area contributed by atoms with Crippen LogP contribution in [0.1, 0.15) is 41.8 Å². The lowest BCUT2D eigenvalue weighted by molar-refractivity contribution is -0.117. The minimum atomic E-state index is -0.331. The smallest absolute Gasteiger partial charge is 0.337 e. The van der Waals surface area contributed by atoms with E-state index in [0.717, 1.165) is 41.9 Å². The van der Waals surface area contributed by atoms with Crippen molar-refractivity contribution in [2.45, 2.75) is 26.7 Å². The molecule has 0 N–H and O–H groups in total. The van der Waals surface area contributed by atoms with Gasteiger partial charge in [0.15, 0.2) is 5.78 Å². The van der Waals surface area contributed by atoms with Gasteiger partial charge < -0.3 is 9.64 Å². The first-order valence-electron chi connectivity index (χ1n) is 9.35. The summed E-state index contributed by atoms with van der Waals surface area (Å²) < 4.78 is 4.82. The number of benzene rings is 2. The Morgan fingerprint density at radius 3 is 2.56 bits per heavy atom. The molecule has 0 radical (unpaired) electrons. The molecule has 0 spiro atoms. The fraction of sp³-hybridized carbons (Fsp3) is 0.304. The number of ketones is 1. The summed E-state index contributed by atoms with van der Waals surface area (Å²) in [5.74, 6) is -0.203. The number of ether oxygens (including phenoxy) is 1. The van der Waals surface area contributed by atoms with E-state index in [-0.39, 0.29) is 17.7 Å². The lowest BCUT2D eigenvalue weighted by atomic mass is 10.0. The standard InChI is InChI=1S/C23H25NO3/c1-4-16(2)22(25)15-21(17-8-6-5-7-9-17)24-13-12-18-14-19(23(26)27-3)10-11-20(18)24/h5-11,14-16H,4,12-13H2,1-3H3/b21-15-. The maximum absolute atomic E-state index is 12.6. The third-order valence-corrected chi connectivity index (χ3v) is 5.13.